The Morgan fingerprint density at radius 3 is 2.27 bits per heavy atom. The summed E-state index contributed by atoms with van der Waals surface area (Å²) in [6.07, 6.45) is 8.11. The summed E-state index contributed by atoms with van der Waals surface area (Å²) in [5.41, 5.74) is 3.52. The van der Waals surface area contributed by atoms with Gasteiger partial charge >= 0.3 is 0 Å². The van der Waals surface area contributed by atoms with Gasteiger partial charge < -0.3 is 14.8 Å². The number of hydrogen-bond donors (Lipinski definition) is 1. The largest absolute Gasteiger partial charge is 0.493 e. The molecule has 0 radical (unpaired) electrons. The van der Waals surface area contributed by atoms with Crippen LogP contribution in [0.3, 0.4) is 0 Å². The zero-order valence-electron chi connectivity index (χ0n) is 28.4. The van der Waals surface area contributed by atoms with Crippen molar-refractivity contribution < 1.29 is 23.9 Å². The second-order valence-corrected chi connectivity index (χ2v) is 13.5. The molecule has 1 aliphatic rings. The Labute approximate surface area is 320 Å². The molecule has 0 unspecified atom stereocenters. The van der Waals surface area contributed by atoms with Gasteiger partial charge in [0.05, 0.1) is 23.4 Å². The zero-order chi connectivity index (χ0) is 37.0. The molecular weight excluding hydrogens is 762 g/mol. The monoisotopic (exact) mass is 795 g/mol. The Morgan fingerprint density at radius 1 is 1.02 bits per heavy atom. The number of benzene rings is 4. The number of carbonyl (C=O) groups excluding carboxylic acids is 3. The summed E-state index contributed by atoms with van der Waals surface area (Å²) in [7, 11) is 1.50. The van der Waals surface area contributed by atoms with Crippen LogP contribution in [0.5, 0.6) is 11.5 Å². The summed E-state index contributed by atoms with van der Waals surface area (Å²) in [4.78, 5) is 46.7. The van der Waals surface area contributed by atoms with Gasteiger partial charge in [-0.15, -0.1) is 0 Å². The lowest BCUT2D eigenvalue weighted by Crippen LogP contribution is -2.42. The van der Waals surface area contributed by atoms with Crippen molar-refractivity contribution in [3.63, 3.8) is 0 Å². The van der Waals surface area contributed by atoms with Gasteiger partial charge in [0.1, 0.15) is 12.2 Å². The minimum atomic E-state index is -0.739. The highest BCUT2D eigenvalue weighted by atomic mass is 79.9. The molecular formula is C41H35BrClN3O5S. The standard InChI is InChI=1S/C41H35BrClN3O5S/c1-4-6-17-32(5-2)46-40(49)33(22-28-23-34(42)38(35(24-28)50-3)51-25-27-18-20-31(43)21-19-27)39(48)45-41(46)52-26-36(47)44-37(29-13-9-7-10-14-29)30-15-11-8-12-16-30/h4-24,37H,1,25-26H2,2-3H3,(H,44,47)/b17-6-,32-5+,33-22+. The second kappa shape index (κ2) is 18.4. The zero-order valence-corrected chi connectivity index (χ0v) is 31.6. The fourth-order valence-corrected chi connectivity index (χ4v) is 6.77. The van der Waals surface area contributed by atoms with E-state index < -0.39 is 17.9 Å². The Morgan fingerprint density at radius 2 is 1.67 bits per heavy atom. The van der Waals surface area contributed by atoms with E-state index >= 15 is 0 Å². The quantitative estimate of drug-likeness (QED) is 0.0824. The van der Waals surface area contributed by atoms with Crippen LogP contribution in [0, 0.1) is 0 Å². The van der Waals surface area contributed by atoms with E-state index in [2.05, 4.69) is 32.8 Å². The summed E-state index contributed by atoms with van der Waals surface area (Å²) >= 11 is 10.6. The average Bonchev–Trinajstić information content (AvgIpc) is 3.16. The number of thioether (sulfide) groups is 1. The van der Waals surface area contributed by atoms with Crippen molar-refractivity contribution in [3.05, 3.63) is 171 Å². The fourth-order valence-electron chi connectivity index (χ4n) is 5.26. The molecule has 0 saturated heterocycles. The number of amidine groups is 1. The first kappa shape index (κ1) is 38.1. The lowest BCUT2D eigenvalue weighted by Gasteiger charge is -2.28. The predicted molar refractivity (Wildman–Crippen MR) is 212 cm³/mol. The topological polar surface area (TPSA) is 97.3 Å². The third-order valence-electron chi connectivity index (χ3n) is 7.77. The van der Waals surface area contributed by atoms with Gasteiger partial charge in [0.2, 0.25) is 5.91 Å². The minimum Gasteiger partial charge on any atom is -0.493 e. The molecule has 0 fully saturated rings. The van der Waals surface area contributed by atoms with Gasteiger partial charge in [-0.25, -0.2) is 0 Å². The van der Waals surface area contributed by atoms with Gasteiger partial charge in [-0.05, 0) is 81.5 Å². The SMILES string of the molecule is C=C/C=C\C(=C/C)N1C(=O)/C(=C/c2cc(Br)c(OCc3ccc(Cl)cc3)c(OC)c2)C(=O)N=C1SCC(=O)NC(c1ccccc1)c1ccccc1. The van der Waals surface area contributed by atoms with Crippen molar-refractivity contribution in [1.29, 1.82) is 0 Å². The molecule has 1 N–H and O–H groups in total. The normalized spacial score (nSPS) is 14.2. The van der Waals surface area contributed by atoms with E-state index in [1.165, 1.54) is 18.1 Å². The van der Waals surface area contributed by atoms with Crippen molar-refractivity contribution in [1.82, 2.24) is 10.2 Å². The van der Waals surface area contributed by atoms with E-state index in [0.29, 0.717) is 32.3 Å². The second-order valence-electron chi connectivity index (χ2n) is 11.3. The van der Waals surface area contributed by atoms with Crippen molar-refractivity contribution >= 4 is 68.3 Å². The van der Waals surface area contributed by atoms with Crippen LogP contribution in [0.15, 0.2) is 149 Å². The molecule has 3 amide bonds. The number of rotatable bonds is 13. The molecule has 0 atom stereocenters. The summed E-state index contributed by atoms with van der Waals surface area (Å²) in [5.74, 6) is -0.905. The Kier molecular flexibility index (Phi) is 13.4. The number of amides is 3. The van der Waals surface area contributed by atoms with E-state index in [1.54, 1.807) is 55.5 Å². The van der Waals surface area contributed by atoms with Gasteiger partial charge in [-0.3, -0.25) is 19.3 Å². The molecule has 52 heavy (non-hydrogen) atoms. The fraction of sp³-hybridized carbons (Fsp3) is 0.122. The van der Waals surface area contributed by atoms with Crippen LogP contribution in [-0.2, 0) is 21.0 Å². The molecule has 4 aromatic carbocycles. The number of nitrogens with one attached hydrogen (secondary N) is 1. The molecule has 4 aromatic rings. The summed E-state index contributed by atoms with van der Waals surface area (Å²) in [6, 6.07) is 29.6. The third-order valence-corrected chi connectivity index (χ3v) is 9.55. The first-order chi connectivity index (χ1) is 25.2. The van der Waals surface area contributed by atoms with E-state index in [0.717, 1.165) is 28.5 Å². The Balaban J connectivity index is 1.41. The van der Waals surface area contributed by atoms with Crippen LogP contribution in [-0.4, -0.2) is 40.7 Å². The van der Waals surface area contributed by atoms with E-state index in [4.69, 9.17) is 21.1 Å². The smallest absolute Gasteiger partial charge is 0.285 e. The third kappa shape index (κ3) is 9.58. The van der Waals surface area contributed by atoms with E-state index in [1.807, 2.05) is 72.8 Å². The molecule has 11 heteroatoms. The molecule has 0 bridgehead atoms. The molecule has 8 nitrogen and oxygen atoms in total. The molecule has 1 heterocycles. The maximum atomic E-state index is 14.2. The van der Waals surface area contributed by atoms with E-state index in [-0.39, 0.29) is 29.0 Å². The highest BCUT2D eigenvalue weighted by Gasteiger charge is 2.35. The van der Waals surface area contributed by atoms with Crippen molar-refractivity contribution in [2.45, 2.75) is 19.6 Å². The van der Waals surface area contributed by atoms with Crippen molar-refractivity contribution in [2.75, 3.05) is 12.9 Å². The summed E-state index contributed by atoms with van der Waals surface area (Å²) in [5, 5.41) is 3.80. The first-order valence-electron chi connectivity index (χ1n) is 16.1. The number of ether oxygens (including phenoxy) is 2. The van der Waals surface area contributed by atoms with Gasteiger partial charge in [0, 0.05) is 10.7 Å². The van der Waals surface area contributed by atoms with Crippen LogP contribution in [0.2, 0.25) is 5.02 Å². The Bertz CT molecular complexity index is 2030. The predicted octanol–water partition coefficient (Wildman–Crippen LogP) is 9.08. The van der Waals surface area contributed by atoms with E-state index in [9.17, 15) is 14.4 Å². The summed E-state index contributed by atoms with van der Waals surface area (Å²) in [6.45, 7) is 5.76. The average molecular weight is 797 g/mol. The maximum Gasteiger partial charge on any atom is 0.285 e. The number of hydrogen-bond acceptors (Lipinski definition) is 6. The summed E-state index contributed by atoms with van der Waals surface area (Å²) < 4.78 is 12.2. The molecule has 1 aliphatic heterocycles. The van der Waals surface area contributed by atoms with Gasteiger partial charge in [0.15, 0.2) is 16.7 Å². The number of halogens is 2. The number of aliphatic imine (C=N–C) groups is 1. The number of allylic oxidation sites excluding steroid dienone is 4. The Hall–Kier alpha value is -5.16. The van der Waals surface area contributed by atoms with Gasteiger partial charge in [0.25, 0.3) is 11.8 Å². The van der Waals surface area contributed by atoms with Gasteiger partial charge in [-0.2, -0.15) is 4.99 Å². The van der Waals surface area contributed by atoms with Gasteiger partial charge in [-0.1, -0.05) is 121 Å². The molecule has 0 saturated carbocycles. The number of carbonyl (C=O) groups is 3. The highest BCUT2D eigenvalue weighted by Crippen LogP contribution is 2.38. The minimum absolute atomic E-state index is 0.0739. The molecule has 5 rings (SSSR count). The first-order valence-corrected chi connectivity index (χ1v) is 18.3. The van der Waals surface area contributed by atoms with Crippen molar-refractivity contribution in [2.24, 2.45) is 4.99 Å². The number of nitrogens with zero attached hydrogens (tertiary/aromatic N) is 2. The lowest BCUT2D eigenvalue weighted by molar-refractivity contribution is -0.126. The molecule has 0 aromatic heterocycles. The van der Waals surface area contributed by atoms with Crippen LogP contribution in [0.1, 0.15) is 35.2 Å². The van der Waals surface area contributed by atoms with Crippen LogP contribution >= 0.6 is 39.3 Å². The van der Waals surface area contributed by atoms with Crippen LogP contribution < -0.4 is 14.8 Å². The molecule has 0 spiro atoms. The maximum absolute atomic E-state index is 14.2. The van der Waals surface area contributed by atoms with Crippen LogP contribution in [0.25, 0.3) is 6.08 Å². The molecule has 264 valence electrons. The van der Waals surface area contributed by atoms with Crippen LogP contribution in [0.4, 0.5) is 0 Å². The molecule has 0 aliphatic carbocycles. The van der Waals surface area contributed by atoms with Crippen molar-refractivity contribution in [3.8, 4) is 11.5 Å². The lowest BCUT2D eigenvalue weighted by atomic mass is 9.99. The highest BCUT2D eigenvalue weighted by molar-refractivity contribution is 9.10. The number of methoxy groups -OCH3 is 1.